The van der Waals surface area contributed by atoms with Crippen molar-refractivity contribution in [3.63, 3.8) is 0 Å². The number of para-hydroxylation sites is 1. The van der Waals surface area contributed by atoms with Crippen LogP contribution in [0.1, 0.15) is 17.0 Å². The summed E-state index contributed by atoms with van der Waals surface area (Å²) in [6, 6.07) is 18.7. The number of carbonyl (C=O) groups excluding carboxylic acids is 4. The molecule has 3 aromatic rings. The molecule has 40 heavy (non-hydrogen) atoms. The highest BCUT2D eigenvalue weighted by atomic mass is 16.5. The molecule has 2 aliphatic heterocycles. The van der Waals surface area contributed by atoms with Gasteiger partial charge in [0, 0.05) is 45.0 Å². The van der Waals surface area contributed by atoms with Crippen LogP contribution >= 0.6 is 0 Å². The summed E-state index contributed by atoms with van der Waals surface area (Å²) >= 11 is 0. The van der Waals surface area contributed by atoms with Gasteiger partial charge in [0.15, 0.2) is 5.76 Å². The predicted molar refractivity (Wildman–Crippen MR) is 146 cm³/mol. The van der Waals surface area contributed by atoms with Gasteiger partial charge in [-0.3, -0.25) is 24.1 Å². The molecule has 4 amide bonds. The zero-order chi connectivity index (χ0) is 27.9. The van der Waals surface area contributed by atoms with E-state index in [0.717, 1.165) is 0 Å². The number of anilines is 1. The molecule has 1 aromatic heterocycles. The van der Waals surface area contributed by atoms with Crippen molar-refractivity contribution in [1.82, 2.24) is 20.0 Å². The van der Waals surface area contributed by atoms with E-state index in [-0.39, 0.29) is 36.6 Å². The molecule has 3 heterocycles. The van der Waals surface area contributed by atoms with Gasteiger partial charge in [0.25, 0.3) is 5.91 Å². The molecule has 11 heteroatoms. The molecule has 2 saturated heterocycles. The maximum atomic E-state index is 13.2. The normalized spacial score (nSPS) is 17.7. The monoisotopic (exact) mass is 545 g/mol. The van der Waals surface area contributed by atoms with Gasteiger partial charge < -0.3 is 29.6 Å². The first-order valence-electron chi connectivity index (χ1n) is 13.2. The molecule has 2 fully saturated rings. The number of nitrogens with one attached hydrogen (secondary N) is 2. The van der Waals surface area contributed by atoms with Gasteiger partial charge in [0.2, 0.25) is 17.7 Å². The lowest BCUT2D eigenvalue weighted by molar-refractivity contribution is -0.145. The van der Waals surface area contributed by atoms with Gasteiger partial charge in [-0.15, -0.1) is 0 Å². The van der Waals surface area contributed by atoms with Gasteiger partial charge >= 0.3 is 0 Å². The molecule has 0 saturated carbocycles. The third-order valence-electron chi connectivity index (χ3n) is 6.90. The maximum absolute atomic E-state index is 13.2. The lowest BCUT2D eigenvalue weighted by atomic mass is 10.1. The number of rotatable bonds is 8. The Morgan fingerprint density at radius 3 is 2.33 bits per heavy atom. The van der Waals surface area contributed by atoms with Gasteiger partial charge in [-0.25, -0.2) is 0 Å². The molecule has 2 N–H and O–H groups in total. The third kappa shape index (κ3) is 6.67. The highest BCUT2D eigenvalue weighted by Crippen LogP contribution is 2.23. The molecule has 208 valence electrons. The number of amides is 4. The fraction of sp³-hybridized carbons (Fsp3) is 0.310. The topological polar surface area (TPSA) is 124 Å². The van der Waals surface area contributed by atoms with E-state index in [4.69, 9.17) is 9.15 Å². The van der Waals surface area contributed by atoms with Crippen LogP contribution < -0.4 is 15.4 Å². The molecule has 0 bridgehead atoms. The average molecular weight is 546 g/mol. The highest BCUT2D eigenvalue weighted by molar-refractivity contribution is 5.97. The van der Waals surface area contributed by atoms with Crippen LogP contribution in [0.25, 0.3) is 0 Å². The van der Waals surface area contributed by atoms with Crippen LogP contribution in [0.15, 0.2) is 77.4 Å². The Balaban J connectivity index is 1.12. The quantitative estimate of drug-likeness (QED) is 0.445. The number of hydrogen-bond acceptors (Lipinski definition) is 7. The van der Waals surface area contributed by atoms with E-state index < -0.39 is 6.04 Å². The fourth-order valence-corrected chi connectivity index (χ4v) is 4.78. The number of benzene rings is 2. The number of ether oxygens (including phenoxy) is 1. The lowest BCUT2D eigenvalue weighted by Crippen LogP contribution is -2.60. The molecule has 0 spiro atoms. The second-order valence-electron chi connectivity index (χ2n) is 9.63. The molecule has 0 unspecified atom stereocenters. The Hall–Kier alpha value is -4.64. The standard InChI is InChI=1S/C29H31N5O6/c35-26(31-21-8-10-23(11-9-21)40-22-5-2-1-3-6-22)19-24-28(37)30-12-13-34(24)27(36)20-32-14-16-33(17-15-32)29(38)25-7-4-18-39-25/h1-11,18,24H,12-17,19-20H2,(H,30,37)(H,31,35)/t24-/m0/s1. The van der Waals surface area contributed by atoms with Crippen molar-refractivity contribution in [3.05, 3.63) is 78.8 Å². The van der Waals surface area contributed by atoms with Crippen molar-refractivity contribution in [2.75, 3.05) is 51.1 Å². The summed E-state index contributed by atoms with van der Waals surface area (Å²) < 4.78 is 11.0. The third-order valence-corrected chi connectivity index (χ3v) is 6.90. The first-order chi connectivity index (χ1) is 19.5. The van der Waals surface area contributed by atoms with Crippen LogP contribution in [-0.4, -0.2) is 90.2 Å². The molecule has 1 atom stereocenters. The van der Waals surface area contributed by atoms with Crippen LogP contribution in [0.2, 0.25) is 0 Å². The van der Waals surface area contributed by atoms with E-state index in [2.05, 4.69) is 10.6 Å². The van der Waals surface area contributed by atoms with Gasteiger partial charge in [-0.05, 0) is 48.5 Å². The fourth-order valence-electron chi connectivity index (χ4n) is 4.78. The van der Waals surface area contributed by atoms with Gasteiger partial charge in [0.1, 0.15) is 17.5 Å². The van der Waals surface area contributed by atoms with Crippen LogP contribution in [0.5, 0.6) is 11.5 Å². The van der Waals surface area contributed by atoms with E-state index in [9.17, 15) is 19.2 Å². The average Bonchev–Trinajstić information content (AvgIpc) is 3.51. The van der Waals surface area contributed by atoms with Crippen LogP contribution in [0.4, 0.5) is 5.69 Å². The Kier molecular flexibility index (Phi) is 8.41. The van der Waals surface area contributed by atoms with Crippen LogP contribution in [0.3, 0.4) is 0 Å². The molecule has 5 rings (SSSR count). The molecule has 0 aliphatic carbocycles. The van der Waals surface area contributed by atoms with Crippen molar-refractivity contribution in [2.45, 2.75) is 12.5 Å². The summed E-state index contributed by atoms with van der Waals surface area (Å²) in [5.74, 6) is 0.502. The summed E-state index contributed by atoms with van der Waals surface area (Å²) in [7, 11) is 0. The molecule has 11 nitrogen and oxygen atoms in total. The molecule has 0 radical (unpaired) electrons. The van der Waals surface area contributed by atoms with E-state index in [1.807, 2.05) is 35.2 Å². The summed E-state index contributed by atoms with van der Waals surface area (Å²) in [5.41, 5.74) is 0.557. The van der Waals surface area contributed by atoms with Gasteiger partial charge in [-0.1, -0.05) is 18.2 Å². The van der Waals surface area contributed by atoms with Crippen molar-refractivity contribution in [2.24, 2.45) is 0 Å². The van der Waals surface area contributed by atoms with Crippen molar-refractivity contribution < 1.29 is 28.3 Å². The second-order valence-corrected chi connectivity index (χ2v) is 9.63. The Bertz CT molecular complexity index is 1320. The molecular formula is C29H31N5O6. The predicted octanol–water partition coefficient (Wildman–Crippen LogP) is 2.19. The number of furan rings is 1. The van der Waals surface area contributed by atoms with Crippen LogP contribution in [-0.2, 0) is 14.4 Å². The number of piperazine rings is 2. The number of hydrogen-bond donors (Lipinski definition) is 2. The van der Waals surface area contributed by atoms with E-state index >= 15 is 0 Å². The van der Waals surface area contributed by atoms with E-state index in [1.54, 1.807) is 41.3 Å². The Morgan fingerprint density at radius 1 is 0.900 bits per heavy atom. The van der Waals surface area contributed by atoms with Crippen LogP contribution in [0, 0.1) is 0 Å². The lowest BCUT2D eigenvalue weighted by Gasteiger charge is -2.38. The number of nitrogens with zero attached hydrogens (tertiary/aromatic N) is 3. The minimum atomic E-state index is -0.899. The zero-order valence-corrected chi connectivity index (χ0v) is 22.0. The summed E-state index contributed by atoms with van der Waals surface area (Å²) in [5, 5.41) is 5.56. The minimum Gasteiger partial charge on any atom is -0.459 e. The molecule has 2 aromatic carbocycles. The van der Waals surface area contributed by atoms with Crippen molar-refractivity contribution in [3.8, 4) is 11.5 Å². The smallest absolute Gasteiger partial charge is 0.289 e. The zero-order valence-electron chi connectivity index (χ0n) is 22.0. The van der Waals surface area contributed by atoms with Gasteiger partial charge in [0.05, 0.1) is 19.2 Å². The SMILES string of the molecule is O=C(C[C@H]1C(=O)NCCN1C(=O)CN1CCN(C(=O)c2ccco2)CC1)Nc1ccc(Oc2ccccc2)cc1. The summed E-state index contributed by atoms with van der Waals surface area (Å²) in [4.78, 5) is 56.4. The molecular weight excluding hydrogens is 514 g/mol. The summed E-state index contributed by atoms with van der Waals surface area (Å²) in [6.45, 7) is 2.74. The first kappa shape index (κ1) is 26.9. The largest absolute Gasteiger partial charge is 0.459 e. The first-order valence-corrected chi connectivity index (χ1v) is 13.2. The van der Waals surface area contributed by atoms with Crippen molar-refractivity contribution >= 4 is 29.3 Å². The second kappa shape index (κ2) is 12.5. The Labute approximate surface area is 231 Å². The van der Waals surface area contributed by atoms with Crippen molar-refractivity contribution in [1.29, 1.82) is 0 Å². The maximum Gasteiger partial charge on any atom is 0.289 e. The minimum absolute atomic E-state index is 0.108. The van der Waals surface area contributed by atoms with E-state index in [1.165, 1.54) is 11.2 Å². The summed E-state index contributed by atoms with van der Waals surface area (Å²) in [6.07, 6.45) is 1.30. The number of carbonyl (C=O) groups is 4. The van der Waals surface area contributed by atoms with Gasteiger partial charge in [-0.2, -0.15) is 0 Å². The molecule has 2 aliphatic rings. The van der Waals surface area contributed by atoms with E-state index in [0.29, 0.717) is 62.2 Å². The Morgan fingerprint density at radius 2 is 1.62 bits per heavy atom. The highest BCUT2D eigenvalue weighted by Gasteiger charge is 2.35.